The van der Waals surface area contributed by atoms with Gasteiger partial charge < -0.3 is 4.74 Å². The first kappa shape index (κ1) is 18.9. The molecule has 0 saturated carbocycles. The van der Waals surface area contributed by atoms with Crippen LogP contribution in [0.2, 0.25) is 5.02 Å². The van der Waals surface area contributed by atoms with Crippen LogP contribution in [0.25, 0.3) is 0 Å². The number of fused-ring (bicyclic) bond motifs is 1. The smallest absolute Gasteiger partial charge is 0.327 e. The highest BCUT2D eigenvalue weighted by Gasteiger charge is 2.67. The summed E-state index contributed by atoms with van der Waals surface area (Å²) in [7, 11) is 0. The molecule has 0 bridgehead atoms. The molecule has 1 aromatic carbocycles. The minimum Gasteiger partial charge on any atom is -0.465 e. The fraction of sp³-hybridized carbons (Fsp3) is 0.526. The predicted molar refractivity (Wildman–Crippen MR) is 96.4 cm³/mol. The molecule has 1 aromatic rings. The van der Waals surface area contributed by atoms with E-state index in [0.29, 0.717) is 18.0 Å². The van der Waals surface area contributed by atoms with Crippen LogP contribution >= 0.6 is 11.6 Å². The lowest BCUT2D eigenvalue weighted by Gasteiger charge is -2.31. The van der Waals surface area contributed by atoms with E-state index in [1.807, 2.05) is 19.1 Å². The number of likely N-dealkylation sites (tertiary alicyclic amines) is 1. The van der Waals surface area contributed by atoms with E-state index in [0.717, 1.165) is 5.56 Å². The van der Waals surface area contributed by atoms with Crippen molar-refractivity contribution in [1.82, 2.24) is 10.2 Å². The van der Waals surface area contributed by atoms with Gasteiger partial charge in [0.05, 0.1) is 18.4 Å². The van der Waals surface area contributed by atoms with Gasteiger partial charge in [-0.2, -0.15) is 0 Å². The Morgan fingerprint density at radius 1 is 1.19 bits per heavy atom. The highest BCUT2D eigenvalue weighted by molar-refractivity contribution is 6.30. The molecule has 140 valence electrons. The van der Waals surface area contributed by atoms with E-state index in [2.05, 4.69) is 5.32 Å². The van der Waals surface area contributed by atoms with Gasteiger partial charge in [0.15, 0.2) is 0 Å². The summed E-state index contributed by atoms with van der Waals surface area (Å²) in [6.07, 6.45) is 0.355. The van der Waals surface area contributed by atoms with Crippen molar-refractivity contribution in [2.24, 2.45) is 11.8 Å². The fourth-order valence-corrected chi connectivity index (χ4v) is 4.37. The minimum absolute atomic E-state index is 0.213. The lowest BCUT2D eigenvalue weighted by atomic mass is 9.78. The quantitative estimate of drug-likeness (QED) is 0.628. The molecule has 2 saturated heterocycles. The number of imide groups is 1. The van der Waals surface area contributed by atoms with E-state index in [1.165, 1.54) is 4.90 Å². The van der Waals surface area contributed by atoms with E-state index in [1.54, 1.807) is 26.0 Å². The molecule has 6 nitrogen and oxygen atoms in total. The van der Waals surface area contributed by atoms with Gasteiger partial charge >= 0.3 is 5.97 Å². The van der Waals surface area contributed by atoms with Gasteiger partial charge in [-0.15, -0.1) is 0 Å². The summed E-state index contributed by atoms with van der Waals surface area (Å²) < 4.78 is 5.28. The molecule has 2 heterocycles. The van der Waals surface area contributed by atoms with Gasteiger partial charge in [0.2, 0.25) is 11.8 Å². The molecule has 0 spiro atoms. The second kappa shape index (κ2) is 7.00. The highest BCUT2D eigenvalue weighted by atomic mass is 35.5. The molecular weight excluding hydrogens is 356 g/mol. The molecule has 0 aliphatic carbocycles. The number of benzene rings is 1. The number of rotatable bonds is 5. The lowest BCUT2D eigenvalue weighted by molar-refractivity contribution is -0.156. The highest BCUT2D eigenvalue weighted by Crippen LogP contribution is 2.50. The number of hydrogen-bond acceptors (Lipinski definition) is 5. The first-order valence-corrected chi connectivity index (χ1v) is 9.34. The van der Waals surface area contributed by atoms with Crippen molar-refractivity contribution in [2.75, 3.05) is 13.2 Å². The van der Waals surface area contributed by atoms with E-state index in [-0.39, 0.29) is 18.4 Å². The van der Waals surface area contributed by atoms with Gasteiger partial charge in [-0.25, -0.2) is 0 Å². The Bertz CT molecular complexity index is 736. The van der Waals surface area contributed by atoms with Gasteiger partial charge in [0.25, 0.3) is 0 Å². The Hall–Kier alpha value is -1.92. The fourth-order valence-electron chi connectivity index (χ4n) is 4.25. The van der Waals surface area contributed by atoms with Crippen molar-refractivity contribution in [3.05, 3.63) is 34.9 Å². The zero-order chi connectivity index (χ0) is 19.1. The third-order valence-electron chi connectivity index (χ3n) is 5.49. The van der Waals surface area contributed by atoms with Crippen molar-refractivity contribution in [3.63, 3.8) is 0 Å². The molecule has 2 fully saturated rings. The third-order valence-corrected chi connectivity index (χ3v) is 5.74. The number of nitrogens with zero attached hydrogens (tertiary/aromatic N) is 1. The zero-order valence-corrected chi connectivity index (χ0v) is 15.9. The number of carbonyl (C=O) groups is 3. The summed E-state index contributed by atoms with van der Waals surface area (Å²) in [5, 5.41) is 3.88. The van der Waals surface area contributed by atoms with Crippen LogP contribution in [0, 0.1) is 11.8 Å². The summed E-state index contributed by atoms with van der Waals surface area (Å²) >= 11 is 5.98. The van der Waals surface area contributed by atoms with Gasteiger partial charge in [0.1, 0.15) is 5.54 Å². The molecular formula is C19H23ClN2O4. The van der Waals surface area contributed by atoms with Crippen LogP contribution in [0.4, 0.5) is 0 Å². The number of halogens is 1. The normalized spacial score (nSPS) is 30.6. The molecule has 2 amide bonds. The molecule has 2 aliphatic rings. The predicted octanol–water partition coefficient (Wildman–Crippen LogP) is 2.32. The van der Waals surface area contributed by atoms with Crippen LogP contribution in [0.3, 0.4) is 0 Å². The standard InChI is InChI=1S/C19H23ClN2O4/c1-4-19(18(25)26-6-3)14-13(16(23)22(5-2)17(14)24)15(21-19)11-7-9-12(20)10-8-11/h7-10,13-15,21H,4-6H2,1-3H3. The zero-order valence-electron chi connectivity index (χ0n) is 15.1. The van der Waals surface area contributed by atoms with E-state index >= 15 is 0 Å². The summed E-state index contributed by atoms with van der Waals surface area (Å²) in [5.74, 6) is -2.42. The molecule has 26 heavy (non-hydrogen) atoms. The molecule has 3 rings (SSSR count). The second-order valence-electron chi connectivity index (χ2n) is 6.64. The number of hydrogen-bond donors (Lipinski definition) is 1. The first-order chi connectivity index (χ1) is 12.4. The molecule has 7 heteroatoms. The number of esters is 1. The Kier molecular flexibility index (Phi) is 5.08. The van der Waals surface area contributed by atoms with Crippen molar-refractivity contribution in [3.8, 4) is 0 Å². The van der Waals surface area contributed by atoms with E-state index in [9.17, 15) is 14.4 Å². The largest absolute Gasteiger partial charge is 0.465 e. The molecule has 4 unspecified atom stereocenters. The maximum absolute atomic E-state index is 13.0. The SMILES string of the molecule is CCOC(=O)C1(CC)NC(c2ccc(Cl)cc2)C2C(=O)N(CC)C(=O)C21. The van der Waals surface area contributed by atoms with Crippen molar-refractivity contribution in [1.29, 1.82) is 0 Å². The summed E-state index contributed by atoms with van der Waals surface area (Å²) in [6, 6.07) is 6.67. The van der Waals surface area contributed by atoms with Gasteiger partial charge in [-0.3, -0.25) is 24.6 Å². The van der Waals surface area contributed by atoms with Crippen molar-refractivity contribution in [2.45, 2.75) is 38.8 Å². The maximum atomic E-state index is 13.0. The average Bonchev–Trinajstić information content (AvgIpc) is 3.11. The van der Waals surface area contributed by atoms with Crippen LogP contribution in [-0.2, 0) is 19.1 Å². The van der Waals surface area contributed by atoms with Crippen LogP contribution in [0.15, 0.2) is 24.3 Å². The number of ether oxygens (including phenoxy) is 1. The Morgan fingerprint density at radius 3 is 2.38 bits per heavy atom. The van der Waals surface area contributed by atoms with Gasteiger partial charge in [0, 0.05) is 17.6 Å². The molecule has 2 aliphatic heterocycles. The summed E-state index contributed by atoms with van der Waals surface area (Å²) in [6.45, 7) is 5.83. The minimum atomic E-state index is -1.21. The van der Waals surface area contributed by atoms with E-state index in [4.69, 9.17) is 16.3 Å². The lowest BCUT2D eigenvalue weighted by Crippen LogP contribution is -2.56. The van der Waals surface area contributed by atoms with Crippen LogP contribution < -0.4 is 5.32 Å². The summed E-state index contributed by atoms with van der Waals surface area (Å²) in [4.78, 5) is 40.0. The average molecular weight is 379 g/mol. The molecule has 1 N–H and O–H groups in total. The van der Waals surface area contributed by atoms with Crippen LogP contribution in [-0.4, -0.2) is 41.4 Å². The van der Waals surface area contributed by atoms with Gasteiger partial charge in [-0.1, -0.05) is 30.7 Å². The molecule has 0 aromatic heterocycles. The monoisotopic (exact) mass is 378 g/mol. The molecule has 0 radical (unpaired) electrons. The van der Waals surface area contributed by atoms with E-state index < -0.39 is 29.4 Å². The van der Waals surface area contributed by atoms with Gasteiger partial charge in [-0.05, 0) is 38.0 Å². The third kappa shape index (κ3) is 2.63. The second-order valence-corrected chi connectivity index (χ2v) is 7.08. The number of nitrogens with one attached hydrogen (secondary N) is 1. The molecule has 4 atom stereocenters. The van der Waals surface area contributed by atoms with Crippen LogP contribution in [0.5, 0.6) is 0 Å². The Balaban J connectivity index is 2.11. The van der Waals surface area contributed by atoms with Crippen molar-refractivity contribution >= 4 is 29.4 Å². The number of carbonyl (C=O) groups excluding carboxylic acids is 3. The Morgan fingerprint density at radius 2 is 1.85 bits per heavy atom. The maximum Gasteiger partial charge on any atom is 0.327 e. The topological polar surface area (TPSA) is 75.7 Å². The number of amides is 2. The van der Waals surface area contributed by atoms with Crippen LogP contribution in [0.1, 0.15) is 38.8 Å². The van der Waals surface area contributed by atoms with Crippen molar-refractivity contribution < 1.29 is 19.1 Å². The summed E-state index contributed by atoms with van der Waals surface area (Å²) in [5.41, 5.74) is -0.384. The first-order valence-electron chi connectivity index (χ1n) is 8.96. The Labute approximate surface area is 157 Å².